The number of hydrogen-bond acceptors (Lipinski definition) is 4. The molecule has 0 amide bonds. The third-order valence-corrected chi connectivity index (χ3v) is 6.77. The van der Waals surface area contributed by atoms with Crippen molar-refractivity contribution in [1.29, 1.82) is 0 Å². The van der Waals surface area contributed by atoms with Crippen molar-refractivity contribution in [2.24, 2.45) is 5.92 Å². The molecule has 2 aliphatic carbocycles. The zero-order valence-electron chi connectivity index (χ0n) is 13.3. The molecule has 1 fully saturated rings. The highest BCUT2D eigenvalue weighted by molar-refractivity contribution is 6.31. The molecule has 4 aliphatic rings. The van der Waals surface area contributed by atoms with Crippen LogP contribution < -0.4 is 9.47 Å². The van der Waals surface area contributed by atoms with Crippen molar-refractivity contribution in [3.8, 4) is 11.5 Å². The maximum atomic E-state index is 10.6. The van der Waals surface area contributed by atoms with Gasteiger partial charge in [0, 0.05) is 34.0 Å². The standard InChI is InChI=1S/C18H20ClNO3/c1-20-6-5-18-10-3-4-13(21)17(18)23-16-14(22-2)8-11(19)9(15(16)18)7-12(10)20/h3-4,8,10,12-13,17,21H,5-7H2,1-2H3/t10-,12+,13-,17-,18-/m0/s1. The molecule has 4 nitrogen and oxygen atoms in total. The van der Waals surface area contributed by atoms with Crippen LogP contribution in [0, 0.1) is 5.92 Å². The Bertz CT molecular complexity index is 733. The predicted octanol–water partition coefficient (Wildman–Crippen LogP) is 2.15. The molecule has 1 aromatic carbocycles. The SMILES string of the molecule is COc1cc(Cl)c2c3c1O[C@H]1[C@@H](O)C=C[C@H]4[C@@H](C2)N(C)CC[C@@]341. The van der Waals surface area contributed by atoms with Crippen molar-refractivity contribution < 1.29 is 14.6 Å². The molecular formula is C18H20ClNO3. The van der Waals surface area contributed by atoms with Crippen LogP contribution in [0.2, 0.25) is 5.02 Å². The molecular weight excluding hydrogens is 314 g/mol. The van der Waals surface area contributed by atoms with Crippen LogP contribution in [0.15, 0.2) is 18.2 Å². The second-order valence-electron chi connectivity index (χ2n) is 7.23. The van der Waals surface area contributed by atoms with E-state index in [4.69, 9.17) is 21.1 Å². The molecule has 0 radical (unpaired) electrons. The fraction of sp³-hybridized carbons (Fsp3) is 0.556. The number of rotatable bonds is 1. The van der Waals surface area contributed by atoms with Crippen molar-refractivity contribution >= 4 is 11.6 Å². The van der Waals surface area contributed by atoms with Crippen molar-refractivity contribution in [2.45, 2.75) is 36.5 Å². The minimum atomic E-state index is -0.586. The first-order chi connectivity index (χ1) is 11.1. The highest BCUT2D eigenvalue weighted by atomic mass is 35.5. The molecule has 2 bridgehead atoms. The lowest BCUT2D eigenvalue weighted by molar-refractivity contribution is -0.0453. The molecule has 5 atom stereocenters. The van der Waals surface area contributed by atoms with Gasteiger partial charge in [-0.05, 0) is 32.0 Å². The van der Waals surface area contributed by atoms with Gasteiger partial charge >= 0.3 is 0 Å². The summed E-state index contributed by atoms with van der Waals surface area (Å²) >= 11 is 6.61. The molecule has 0 unspecified atom stereocenters. The number of methoxy groups -OCH3 is 1. The lowest BCUT2D eigenvalue weighted by Gasteiger charge is -2.56. The van der Waals surface area contributed by atoms with Gasteiger partial charge in [-0.1, -0.05) is 23.8 Å². The Hall–Kier alpha value is -1.23. The third-order valence-electron chi connectivity index (χ3n) is 6.43. The Morgan fingerprint density at radius 3 is 3.04 bits per heavy atom. The van der Waals surface area contributed by atoms with Gasteiger partial charge in [-0.25, -0.2) is 0 Å². The Labute approximate surface area is 140 Å². The number of ether oxygens (including phenoxy) is 2. The van der Waals surface area contributed by atoms with Gasteiger partial charge in [0.15, 0.2) is 11.5 Å². The molecule has 2 heterocycles. The summed E-state index contributed by atoms with van der Waals surface area (Å²) in [5.41, 5.74) is 2.21. The van der Waals surface area contributed by atoms with Crippen molar-refractivity contribution in [3.63, 3.8) is 0 Å². The van der Waals surface area contributed by atoms with Gasteiger partial charge < -0.3 is 19.5 Å². The van der Waals surface area contributed by atoms with Crippen LogP contribution in [0.5, 0.6) is 11.5 Å². The van der Waals surface area contributed by atoms with Crippen LogP contribution in [-0.4, -0.2) is 49.0 Å². The van der Waals surface area contributed by atoms with Crippen LogP contribution in [0.3, 0.4) is 0 Å². The third kappa shape index (κ3) is 1.50. The van der Waals surface area contributed by atoms with E-state index in [2.05, 4.69) is 18.0 Å². The number of halogens is 1. The summed E-state index contributed by atoms with van der Waals surface area (Å²) < 4.78 is 11.8. The van der Waals surface area contributed by atoms with E-state index in [1.54, 1.807) is 7.11 Å². The summed E-state index contributed by atoms with van der Waals surface area (Å²) in [5, 5.41) is 11.3. The van der Waals surface area contributed by atoms with E-state index >= 15 is 0 Å². The van der Waals surface area contributed by atoms with E-state index in [0.717, 1.165) is 30.2 Å². The second kappa shape index (κ2) is 4.44. The van der Waals surface area contributed by atoms with Crippen LogP contribution in [0.25, 0.3) is 0 Å². The molecule has 2 aliphatic heterocycles. The van der Waals surface area contributed by atoms with Crippen molar-refractivity contribution in [1.82, 2.24) is 4.90 Å². The van der Waals surface area contributed by atoms with Gasteiger partial charge in [0.05, 0.1) is 7.11 Å². The van der Waals surface area contributed by atoms with E-state index in [1.807, 2.05) is 12.1 Å². The second-order valence-corrected chi connectivity index (χ2v) is 7.63. The normalized spacial score (nSPS) is 39.8. The summed E-state index contributed by atoms with van der Waals surface area (Å²) in [6, 6.07) is 2.27. The molecule has 122 valence electrons. The van der Waals surface area contributed by atoms with Crippen molar-refractivity contribution in [3.05, 3.63) is 34.4 Å². The topological polar surface area (TPSA) is 41.9 Å². The molecule has 5 heteroatoms. The van der Waals surface area contributed by atoms with Crippen molar-refractivity contribution in [2.75, 3.05) is 20.7 Å². The number of aliphatic hydroxyl groups excluding tert-OH is 1. The monoisotopic (exact) mass is 333 g/mol. The quantitative estimate of drug-likeness (QED) is 0.800. The molecule has 23 heavy (non-hydrogen) atoms. The number of benzene rings is 1. The molecule has 5 rings (SSSR count). The number of hydrogen-bond donors (Lipinski definition) is 1. The lowest BCUT2D eigenvalue weighted by atomic mass is 9.53. The zero-order valence-corrected chi connectivity index (χ0v) is 14.0. The smallest absolute Gasteiger partial charge is 0.166 e. The van der Waals surface area contributed by atoms with E-state index in [9.17, 15) is 5.11 Å². The molecule has 1 aromatic rings. The molecule has 1 spiro atoms. The largest absolute Gasteiger partial charge is 0.493 e. The highest BCUT2D eigenvalue weighted by Crippen LogP contribution is 2.63. The first-order valence-electron chi connectivity index (χ1n) is 8.21. The Morgan fingerprint density at radius 2 is 2.26 bits per heavy atom. The number of piperidine rings is 1. The predicted molar refractivity (Wildman–Crippen MR) is 87.5 cm³/mol. The van der Waals surface area contributed by atoms with Gasteiger partial charge in [-0.2, -0.15) is 0 Å². The molecule has 0 saturated carbocycles. The minimum Gasteiger partial charge on any atom is -0.493 e. The maximum Gasteiger partial charge on any atom is 0.166 e. The zero-order chi connectivity index (χ0) is 15.9. The number of nitrogens with zero attached hydrogens (tertiary/aromatic N) is 1. The minimum absolute atomic E-state index is 0.174. The Morgan fingerprint density at radius 1 is 1.43 bits per heavy atom. The van der Waals surface area contributed by atoms with Crippen LogP contribution in [-0.2, 0) is 11.8 Å². The van der Waals surface area contributed by atoms with Crippen LogP contribution >= 0.6 is 11.6 Å². The number of likely N-dealkylation sites (tertiary alicyclic amines) is 1. The average Bonchev–Trinajstić information content (AvgIpc) is 2.89. The Balaban J connectivity index is 1.85. The fourth-order valence-corrected chi connectivity index (χ4v) is 5.69. The summed E-state index contributed by atoms with van der Waals surface area (Å²) in [7, 11) is 3.83. The van der Waals surface area contributed by atoms with Crippen LogP contribution in [0.4, 0.5) is 0 Å². The van der Waals surface area contributed by atoms with E-state index < -0.39 is 6.10 Å². The molecule has 0 aromatic heterocycles. The highest BCUT2D eigenvalue weighted by Gasteiger charge is 2.64. The van der Waals surface area contributed by atoms with Gasteiger partial charge in [0.25, 0.3) is 0 Å². The summed E-state index contributed by atoms with van der Waals surface area (Å²) in [5.74, 6) is 1.83. The van der Waals surface area contributed by atoms with E-state index in [-0.39, 0.29) is 11.5 Å². The van der Waals surface area contributed by atoms with Gasteiger partial charge in [-0.3, -0.25) is 0 Å². The number of aliphatic hydroxyl groups is 1. The fourth-order valence-electron chi connectivity index (χ4n) is 5.42. The van der Waals surface area contributed by atoms with Gasteiger partial charge in [0.2, 0.25) is 0 Å². The van der Waals surface area contributed by atoms with E-state index in [0.29, 0.717) is 17.7 Å². The summed E-state index contributed by atoms with van der Waals surface area (Å²) in [4.78, 5) is 2.43. The average molecular weight is 334 g/mol. The molecule has 1 saturated heterocycles. The van der Waals surface area contributed by atoms with Gasteiger partial charge in [0.1, 0.15) is 12.2 Å². The first kappa shape index (κ1) is 14.1. The summed E-state index contributed by atoms with van der Waals surface area (Å²) in [6.45, 7) is 1.01. The summed E-state index contributed by atoms with van der Waals surface area (Å²) in [6.07, 6.45) is 5.18. The van der Waals surface area contributed by atoms with Gasteiger partial charge in [-0.15, -0.1) is 0 Å². The maximum absolute atomic E-state index is 10.6. The Kier molecular flexibility index (Phi) is 2.73. The molecule has 1 N–H and O–H groups in total. The van der Waals surface area contributed by atoms with Crippen LogP contribution in [0.1, 0.15) is 17.5 Å². The van der Waals surface area contributed by atoms with E-state index in [1.165, 1.54) is 11.1 Å². The number of likely N-dealkylation sites (N-methyl/N-ethyl adjacent to an activating group) is 1. The lowest BCUT2D eigenvalue weighted by Crippen LogP contribution is -2.64. The first-order valence-corrected chi connectivity index (χ1v) is 8.59.